The molecule has 4 nitrogen and oxygen atoms in total. The topological polar surface area (TPSA) is 47.1 Å². The Morgan fingerprint density at radius 1 is 1.35 bits per heavy atom. The summed E-state index contributed by atoms with van der Waals surface area (Å²) in [4.78, 5) is 2.19. The molecule has 1 aromatic heterocycles. The zero-order valence-electron chi connectivity index (χ0n) is 10.3. The van der Waals surface area contributed by atoms with Gasteiger partial charge >= 0.3 is 0 Å². The Kier molecular flexibility index (Phi) is 3.44. The molecule has 0 saturated heterocycles. The Morgan fingerprint density at radius 2 is 2.18 bits per heavy atom. The molecule has 1 aromatic carbocycles. The van der Waals surface area contributed by atoms with Gasteiger partial charge in [-0.05, 0) is 17.7 Å². The van der Waals surface area contributed by atoms with Crippen LogP contribution < -0.4 is 10.6 Å². The van der Waals surface area contributed by atoms with Crippen molar-refractivity contribution in [2.75, 3.05) is 11.9 Å². The van der Waals surface area contributed by atoms with Crippen LogP contribution in [0.15, 0.2) is 36.7 Å². The average molecular weight is 230 g/mol. The van der Waals surface area contributed by atoms with Crippen LogP contribution >= 0.6 is 0 Å². The molecule has 0 aliphatic rings. The summed E-state index contributed by atoms with van der Waals surface area (Å²) >= 11 is 0. The van der Waals surface area contributed by atoms with Gasteiger partial charge in [0.1, 0.15) is 0 Å². The van der Waals surface area contributed by atoms with Gasteiger partial charge in [0.05, 0.1) is 6.20 Å². The van der Waals surface area contributed by atoms with Gasteiger partial charge in [-0.2, -0.15) is 5.10 Å². The summed E-state index contributed by atoms with van der Waals surface area (Å²) in [6.07, 6.45) is 3.92. The molecule has 0 bridgehead atoms. The first-order chi connectivity index (χ1) is 8.19. The Morgan fingerprint density at radius 3 is 2.82 bits per heavy atom. The molecule has 0 atom stereocenters. The summed E-state index contributed by atoms with van der Waals surface area (Å²) in [7, 11) is 4.00. The minimum absolute atomic E-state index is 0.578. The maximum absolute atomic E-state index is 5.64. The van der Waals surface area contributed by atoms with Crippen LogP contribution in [-0.2, 0) is 20.1 Å². The third kappa shape index (κ3) is 2.85. The molecule has 0 spiro atoms. The summed E-state index contributed by atoms with van der Waals surface area (Å²) < 4.78 is 1.82. The van der Waals surface area contributed by atoms with E-state index in [1.165, 1.54) is 11.3 Å². The van der Waals surface area contributed by atoms with Crippen LogP contribution in [0.2, 0.25) is 0 Å². The van der Waals surface area contributed by atoms with E-state index in [0.29, 0.717) is 6.54 Å². The first kappa shape index (κ1) is 11.7. The van der Waals surface area contributed by atoms with Gasteiger partial charge < -0.3 is 10.6 Å². The van der Waals surface area contributed by atoms with E-state index in [1.807, 2.05) is 36.3 Å². The van der Waals surface area contributed by atoms with E-state index in [2.05, 4.69) is 29.2 Å². The molecular formula is C13H18N4. The van der Waals surface area contributed by atoms with Crippen molar-refractivity contribution in [3.05, 3.63) is 47.8 Å². The van der Waals surface area contributed by atoms with Gasteiger partial charge in [-0.15, -0.1) is 0 Å². The quantitative estimate of drug-likeness (QED) is 0.866. The Labute approximate surface area is 102 Å². The molecule has 0 unspecified atom stereocenters. The molecule has 2 N–H and O–H groups in total. The minimum Gasteiger partial charge on any atom is -0.370 e. The lowest BCUT2D eigenvalue weighted by atomic mass is 10.2. The Balaban J connectivity index is 2.11. The second-order valence-corrected chi connectivity index (χ2v) is 4.25. The van der Waals surface area contributed by atoms with Crippen molar-refractivity contribution >= 4 is 5.69 Å². The maximum atomic E-state index is 5.64. The van der Waals surface area contributed by atoms with Crippen molar-refractivity contribution in [1.82, 2.24) is 9.78 Å². The molecule has 90 valence electrons. The van der Waals surface area contributed by atoms with Gasteiger partial charge in [0.15, 0.2) is 0 Å². The third-order valence-electron chi connectivity index (χ3n) is 2.77. The van der Waals surface area contributed by atoms with Crippen molar-refractivity contribution in [3.8, 4) is 0 Å². The molecule has 1 heterocycles. The fourth-order valence-electron chi connectivity index (χ4n) is 1.84. The smallest absolute Gasteiger partial charge is 0.0539 e. The van der Waals surface area contributed by atoms with Crippen LogP contribution in [-0.4, -0.2) is 16.8 Å². The lowest BCUT2D eigenvalue weighted by Crippen LogP contribution is -2.16. The van der Waals surface area contributed by atoms with Gasteiger partial charge in [0, 0.05) is 44.6 Å². The first-order valence-corrected chi connectivity index (χ1v) is 5.66. The highest BCUT2D eigenvalue weighted by atomic mass is 15.2. The number of rotatable bonds is 4. The predicted octanol–water partition coefficient (Wildman–Crippen LogP) is 1.52. The maximum Gasteiger partial charge on any atom is 0.0539 e. The van der Waals surface area contributed by atoms with Crippen LogP contribution in [0.1, 0.15) is 11.1 Å². The number of nitrogens with two attached hydrogens (primary N) is 1. The Hall–Kier alpha value is -1.81. The minimum atomic E-state index is 0.578. The van der Waals surface area contributed by atoms with Gasteiger partial charge in [-0.1, -0.05) is 12.1 Å². The number of hydrogen-bond donors (Lipinski definition) is 1. The number of anilines is 1. The molecule has 2 rings (SSSR count). The second-order valence-electron chi connectivity index (χ2n) is 4.25. The van der Waals surface area contributed by atoms with E-state index in [0.717, 1.165) is 12.1 Å². The summed E-state index contributed by atoms with van der Waals surface area (Å²) in [6, 6.07) is 8.30. The summed E-state index contributed by atoms with van der Waals surface area (Å²) in [5.74, 6) is 0. The van der Waals surface area contributed by atoms with Crippen LogP contribution in [0.25, 0.3) is 0 Å². The lowest BCUT2D eigenvalue weighted by Gasteiger charge is -2.19. The zero-order valence-corrected chi connectivity index (χ0v) is 10.3. The molecule has 4 heteroatoms. The molecular weight excluding hydrogens is 212 g/mol. The van der Waals surface area contributed by atoms with Crippen LogP contribution in [0.5, 0.6) is 0 Å². The Bertz CT molecular complexity index is 490. The number of benzene rings is 1. The van der Waals surface area contributed by atoms with E-state index in [1.54, 1.807) is 0 Å². The molecule has 2 aromatic rings. The number of nitrogens with zero attached hydrogens (tertiary/aromatic N) is 3. The molecule has 17 heavy (non-hydrogen) atoms. The highest BCUT2D eigenvalue weighted by Crippen LogP contribution is 2.16. The second kappa shape index (κ2) is 5.01. The van der Waals surface area contributed by atoms with Crippen LogP contribution in [0, 0.1) is 0 Å². The fourth-order valence-corrected chi connectivity index (χ4v) is 1.84. The van der Waals surface area contributed by atoms with Gasteiger partial charge in [0.25, 0.3) is 0 Å². The van der Waals surface area contributed by atoms with E-state index in [4.69, 9.17) is 5.73 Å². The fraction of sp³-hybridized carbons (Fsp3) is 0.308. The van der Waals surface area contributed by atoms with Crippen LogP contribution in [0.4, 0.5) is 5.69 Å². The van der Waals surface area contributed by atoms with E-state index in [9.17, 15) is 0 Å². The highest BCUT2D eigenvalue weighted by Gasteiger charge is 2.04. The van der Waals surface area contributed by atoms with Crippen molar-refractivity contribution < 1.29 is 0 Å². The SMILES string of the molecule is CN(Cc1cnn(C)c1)c1cccc(CN)c1. The molecule has 0 fully saturated rings. The van der Waals surface area contributed by atoms with Gasteiger partial charge in [-0.25, -0.2) is 0 Å². The van der Waals surface area contributed by atoms with Gasteiger partial charge in [-0.3, -0.25) is 4.68 Å². The van der Waals surface area contributed by atoms with E-state index in [-0.39, 0.29) is 0 Å². The summed E-state index contributed by atoms with van der Waals surface area (Å²) in [6.45, 7) is 1.43. The first-order valence-electron chi connectivity index (χ1n) is 5.66. The van der Waals surface area contributed by atoms with E-state index < -0.39 is 0 Å². The summed E-state index contributed by atoms with van der Waals surface area (Å²) in [5, 5.41) is 4.17. The van der Waals surface area contributed by atoms with Crippen molar-refractivity contribution in [2.45, 2.75) is 13.1 Å². The highest BCUT2D eigenvalue weighted by molar-refractivity contribution is 5.48. The lowest BCUT2D eigenvalue weighted by molar-refractivity contribution is 0.766. The number of hydrogen-bond acceptors (Lipinski definition) is 3. The van der Waals surface area contributed by atoms with Gasteiger partial charge in [0.2, 0.25) is 0 Å². The molecule has 0 saturated carbocycles. The number of aryl methyl sites for hydroxylation is 1. The molecule has 0 amide bonds. The zero-order chi connectivity index (χ0) is 12.3. The van der Waals surface area contributed by atoms with Crippen molar-refractivity contribution in [2.24, 2.45) is 12.8 Å². The van der Waals surface area contributed by atoms with Crippen LogP contribution in [0.3, 0.4) is 0 Å². The summed E-state index contributed by atoms with van der Waals surface area (Å²) in [5.41, 5.74) is 9.18. The van der Waals surface area contributed by atoms with Crippen molar-refractivity contribution in [1.29, 1.82) is 0 Å². The van der Waals surface area contributed by atoms with Crippen molar-refractivity contribution in [3.63, 3.8) is 0 Å². The third-order valence-corrected chi connectivity index (χ3v) is 2.77. The molecule has 0 aliphatic heterocycles. The molecule has 0 aliphatic carbocycles. The standard InChI is InChI=1S/C13H18N4/c1-16(9-12-8-15-17(2)10-12)13-5-3-4-11(6-13)7-14/h3-6,8,10H,7,9,14H2,1-2H3. The largest absolute Gasteiger partial charge is 0.370 e. The monoisotopic (exact) mass is 230 g/mol. The average Bonchev–Trinajstić information content (AvgIpc) is 2.75. The normalized spacial score (nSPS) is 10.5. The predicted molar refractivity (Wildman–Crippen MR) is 69.6 cm³/mol. The number of aromatic nitrogens is 2. The molecule has 0 radical (unpaired) electrons. The van der Waals surface area contributed by atoms with E-state index >= 15 is 0 Å².